The Hall–Kier alpha value is -5.09. The smallest absolute Gasteiger partial charge is 0.305 e. The van der Waals surface area contributed by atoms with Gasteiger partial charge in [0.2, 0.25) is 0 Å². The van der Waals surface area contributed by atoms with E-state index in [1.807, 2.05) is 140 Å². The van der Waals surface area contributed by atoms with Crippen molar-refractivity contribution < 1.29 is 24.5 Å². The van der Waals surface area contributed by atoms with E-state index >= 15 is 0 Å². The number of aromatic nitrogens is 3. The summed E-state index contributed by atoms with van der Waals surface area (Å²) in [6.07, 6.45) is 5.83. The van der Waals surface area contributed by atoms with E-state index in [4.69, 9.17) is 0 Å². The Morgan fingerprint density at radius 2 is 0.935 bits per heavy atom. The summed E-state index contributed by atoms with van der Waals surface area (Å²) in [5.41, 5.74) is 9.15. The second-order valence-electron chi connectivity index (χ2n) is 9.82. The van der Waals surface area contributed by atoms with Crippen LogP contribution >= 0.6 is 0 Å². The van der Waals surface area contributed by atoms with Gasteiger partial charge in [0.1, 0.15) is 0 Å². The Kier molecular flexibility index (Phi) is 13.7. The largest absolute Gasteiger partial charge is 3.00 e. The molecule has 7 rings (SSSR count). The molecule has 0 fully saturated rings. The van der Waals surface area contributed by atoms with Crippen molar-refractivity contribution in [2.45, 2.75) is 6.42 Å². The normalized spacial score (nSPS) is 9.85. The monoisotopic (exact) mass is 777 g/mol. The summed E-state index contributed by atoms with van der Waals surface area (Å²) in [4.78, 5) is 12.8. The van der Waals surface area contributed by atoms with Gasteiger partial charge in [-0.15, -0.1) is 107 Å². The summed E-state index contributed by atoms with van der Waals surface area (Å²) >= 11 is 0. The molecule has 3 nitrogen and oxygen atoms in total. The Morgan fingerprint density at radius 3 is 1.37 bits per heavy atom. The molecule has 0 aliphatic rings. The van der Waals surface area contributed by atoms with Crippen molar-refractivity contribution in [3.8, 4) is 44.9 Å². The van der Waals surface area contributed by atoms with E-state index in [-0.39, 0.29) is 26.8 Å². The molecule has 226 valence electrons. The minimum absolute atomic E-state index is 0. The van der Waals surface area contributed by atoms with Crippen LogP contribution in [-0.4, -0.2) is 21.6 Å². The van der Waals surface area contributed by atoms with Crippen molar-refractivity contribution >= 4 is 0 Å². The molecular weight excluding hydrogens is 746 g/mol. The Morgan fingerprint density at radius 1 is 0.457 bits per heavy atom. The van der Waals surface area contributed by atoms with Crippen molar-refractivity contribution in [2.24, 2.45) is 0 Å². The summed E-state index contributed by atoms with van der Waals surface area (Å²) < 4.78 is 12.3. The molecule has 0 N–H and O–H groups in total. The van der Waals surface area contributed by atoms with Crippen LogP contribution in [0.3, 0.4) is 0 Å². The molecule has 0 unspecified atom stereocenters. The van der Waals surface area contributed by atoms with Gasteiger partial charge in [-0.25, -0.2) is 0 Å². The van der Waals surface area contributed by atoms with Crippen LogP contribution in [0.5, 0.6) is 0 Å². The molecule has 7 aromatic rings. The van der Waals surface area contributed by atoms with E-state index in [1.54, 1.807) is 18.6 Å². The number of halogens is 1. The molecule has 0 saturated carbocycles. The average molecular weight is 777 g/mol. The van der Waals surface area contributed by atoms with E-state index in [0.717, 1.165) is 50.5 Å². The standard InChI is InChI=1S/C19H15FN.2C11H8N.Ir/c20-12-11-15-7-9-16(10-8-15)17-4-3-5-18(14-17)19-6-1-2-13-21-19;2*1-2-6-10(7-3-1)11-8-4-5-9-12-11;/h1-4,6-10,13-14H,11-12H2;2*1-6,8-9H;/q3*-1;+3. The molecule has 0 aliphatic heterocycles. The fourth-order valence-electron chi connectivity index (χ4n) is 4.44. The summed E-state index contributed by atoms with van der Waals surface area (Å²) in [7, 11) is 0. The van der Waals surface area contributed by atoms with Gasteiger partial charge in [0.15, 0.2) is 0 Å². The maximum absolute atomic E-state index is 12.3. The van der Waals surface area contributed by atoms with Gasteiger partial charge < -0.3 is 15.0 Å². The zero-order valence-electron chi connectivity index (χ0n) is 25.1. The molecule has 46 heavy (non-hydrogen) atoms. The third-order valence-electron chi connectivity index (χ3n) is 6.71. The molecule has 0 bridgehead atoms. The van der Waals surface area contributed by atoms with Gasteiger partial charge in [-0.05, 0) is 46.4 Å². The van der Waals surface area contributed by atoms with Crippen LogP contribution in [0, 0.1) is 18.2 Å². The SMILES string of the molecule is FCCc1ccc(-c2cc[c-]c(-c3ccccn3)c2)cc1.[Ir+3].[c-]1ccccc1-c1ccccn1.[c-]1ccccc1-c1ccccn1. The van der Waals surface area contributed by atoms with Gasteiger partial charge in [-0.2, -0.15) is 0 Å². The van der Waals surface area contributed by atoms with Crippen molar-refractivity contribution in [3.05, 3.63) is 188 Å². The molecule has 0 aliphatic carbocycles. The van der Waals surface area contributed by atoms with Gasteiger partial charge in [0.25, 0.3) is 0 Å². The fraction of sp³-hybridized carbons (Fsp3) is 0.0488. The van der Waals surface area contributed by atoms with Gasteiger partial charge in [-0.1, -0.05) is 60.7 Å². The minimum atomic E-state index is -0.316. The average Bonchev–Trinajstić information content (AvgIpc) is 3.15. The van der Waals surface area contributed by atoms with Crippen LogP contribution in [0.25, 0.3) is 44.9 Å². The second kappa shape index (κ2) is 18.7. The van der Waals surface area contributed by atoms with Crippen LogP contribution in [0.1, 0.15) is 5.56 Å². The molecule has 5 heteroatoms. The molecule has 0 radical (unpaired) electrons. The van der Waals surface area contributed by atoms with Crippen LogP contribution in [0.4, 0.5) is 4.39 Å². The molecule has 4 aromatic carbocycles. The predicted molar refractivity (Wildman–Crippen MR) is 181 cm³/mol. The zero-order chi connectivity index (χ0) is 30.9. The number of hydrogen-bond acceptors (Lipinski definition) is 3. The van der Waals surface area contributed by atoms with Crippen molar-refractivity contribution in [1.29, 1.82) is 0 Å². The van der Waals surface area contributed by atoms with Crippen LogP contribution in [-0.2, 0) is 26.5 Å². The Labute approximate surface area is 284 Å². The summed E-state index contributed by atoms with van der Waals surface area (Å²) in [6.45, 7) is -0.316. The third kappa shape index (κ3) is 10.2. The van der Waals surface area contributed by atoms with E-state index in [0.29, 0.717) is 6.42 Å². The molecule has 0 saturated heterocycles. The number of aryl methyl sites for hydroxylation is 1. The van der Waals surface area contributed by atoms with E-state index in [9.17, 15) is 4.39 Å². The van der Waals surface area contributed by atoms with Crippen LogP contribution in [0.2, 0.25) is 0 Å². The van der Waals surface area contributed by atoms with Crippen LogP contribution < -0.4 is 0 Å². The maximum Gasteiger partial charge on any atom is 3.00 e. The number of rotatable bonds is 6. The summed E-state index contributed by atoms with van der Waals surface area (Å²) in [5.74, 6) is 0. The number of nitrogens with zero attached hydrogens (tertiary/aromatic N) is 3. The van der Waals surface area contributed by atoms with Crippen molar-refractivity contribution in [3.63, 3.8) is 0 Å². The van der Waals surface area contributed by atoms with Gasteiger partial charge >= 0.3 is 20.1 Å². The first kappa shape index (κ1) is 33.8. The molecule has 0 amide bonds. The van der Waals surface area contributed by atoms with Gasteiger partial charge in [0.05, 0.1) is 6.67 Å². The maximum atomic E-state index is 12.3. The zero-order valence-corrected chi connectivity index (χ0v) is 27.5. The number of pyridine rings is 3. The predicted octanol–water partition coefficient (Wildman–Crippen LogP) is 9.82. The van der Waals surface area contributed by atoms with E-state index < -0.39 is 0 Å². The first-order valence-corrected chi connectivity index (χ1v) is 14.6. The first-order chi connectivity index (χ1) is 22.3. The summed E-state index contributed by atoms with van der Waals surface area (Å²) in [5, 5.41) is 0. The molecular formula is C41H31FIrN3. The number of hydrogen-bond donors (Lipinski definition) is 0. The third-order valence-corrected chi connectivity index (χ3v) is 6.71. The van der Waals surface area contributed by atoms with Crippen molar-refractivity contribution in [1.82, 2.24) is 15.0 Å². The van der Waals surface area contributed by atoms with Gasteiger partial charge in [-0.3, -0.25) is 4.39 Å². The molecule has 0 atom stereocenters. The second-order valence-corrected chi connectivity index (χ2v) is 9.82. The molecule has 3 heterocycles. The summed E-state index contributed by atoms with van der Waals surface area (Å²) in [6, 6.07) is 56.7. The van der Waals surface area contributed by atoms with Crippen LogP contribution in [0.15, 0.2) is 164 Å². The minimum Gasteiger partial charge on any atom is -0.305 e. The van der Waals surface area contributed by atoms with E-state index in [1.165, 1.54) is 0 Å². The van der Waals surface area contributed by atoms with E-state index in [2.05, 4.69) is 39.2 Å². The number of benzene rings is 4. The molecule has 0 spiro atoms. The quantitative estimate of drug-likeness (QED) is 0.158. The Balaban J connectivity index is 0.000000165. The first-order valence-electron chi connectivity index (χ1n) is 14.6. The molecule has 3 aromatic heterocycles. The topological polar surface area (TPSA) is 38.7 Å². The fourth-order valence-corrected chi connectivity index (χ4v) is 4.44. The van der Waals surface area contributed by atoms with Gasteiger partial charge in [0, 0.05) is 25.0 Å². The number of alkyl halides is 1. The van der Waals surface area contributed by atoms with Crippen molar-refractivity contribution in [2.75, 3.05) is 6.67 Å². The Bertz CT molecular complexity index is 1670.